The Morgan fingerprint density at radius 2 is 2.36 bits per heavy atom. The summed E-state index contributed by atoms with van der Waals surface area (Å²) in [6.45, 7) is 0. The Kier molecular flexibility index (Phi) is 3.69. The number of nitriles is 1. The van der Waals surface area contributed by atoms with E-state index in [-0.39, 0.29) is 0 Å². The molecule has 0 bridgehead atoms. The number of hydrogen-bond donors (Lipinski definition) is 1. The van der Waals surface area contributed by atoms with Crippen LogP contribution >= 0.6 is 0 Å². The van der Waals surface area contributed by atoms with Gasteiger partial charge in [-0.2, -0.15) is 5.26 Å². The molecule has 14 heavy (non-hydrogen) atoms. The average Bonchev–Trinajstić information content (AvgIpc) is 2.25. The third kappa shape index (κ3) is 2.11. The summed E-state index contributed by atoms with van der Waals surface area (Å²) in [7, 11) is 1.78. The van der Waals surface area contributed by atoms with E-state index in [0.717, 1.165) is 17.5 Å². The van der Waals surface area contributed by atoms with Gasteiger partial charge in [-0.05, 0) is 18.1 Å². The molecule has 0 aliphatic heterocycles. The summed E-state index contributed by atoms with van der Waals surface area (Å²) < 4.78 is 0. The Morgan fingerprint density at radius 3 is 2.93 bits per heavy atom. The number of nitrogens with one attached hydrogen (secondary N) is 1. The normalized spacial score (nSPS) is 9.14. The van der Waals surface area contributed by atoms with Crippen LogP contribution in [0.25, 0.3) is 0 Å². The van der Waals surface area contributed by atoms with E-state index in [1.54, 1.807) is 13.1 Å². The first-order valence-corrected chi connectivity index (χ1v) is 4.45. The van der Waals surface area contributed by atoms with Crippen LogP contribution in [-0.4, -0.2) is 13.3 Å². The number of nitrogens with zero attached hydrogens (tertiary/aromatic N) is 1. The van der Waals surface area contributed by atoms with Crippen LogP contribution in [0.3, 0.4) is 0 Å². The van der Waals surface area contributed by atoms with E-state index in [2.05, 4.69) is 11.4 Å². The molecule has 0 amide bonds. The summed E-state index contributed by atoms with van der Waals surface area (Å²) >= 11 is 0. The quantitative estimate of drug-likeness (QED) is 0.735. The zero-order chi connectivity index (χ0) is 10.4. The van der Waals surface area contributed by atoms with Gasteiger partial charge in [-0.1, -0.05) is 12.1 Å². The number of benzene rings is 1. The smallest absolute Gasteiger partial charge is 0.152 e. The molecular formula is C11H12N2O. The second-order valence-electron chi connectivity index (χ2n) is 2.91. The van der Waals surface area contributed by atoms with Crippen molar-refractivity contribution in [2.45, 2.75) is 12.8 Å². The first kappa shape index (κ1) is 10.3. The SMILES string of the molecule is CNc1c(C=O)cccc1CCC#N. The third-order valence-corrected chi connectivity index (χ3v) is 2.07. The molecule has 1 aromatic rings. The van der Waals surface area contributed by atoms with Crippen molar-refractivity contribution in [1.82, 2.24) is 0 Å². The molecule has 0 saturated heterocycles. The van der Waals surface area contributed by atoms with Gasteiger partial charge in [0.05, 0.1) is 6.07 Å². The minimum Gasteiger partial charge on any atom is -0.387 e. The van der Waals surface area contributed by atoms with Gasteiger partial charge in [0.15, 0.2) is 6.29 Å². The molecule has 1 rings (SSSR count). The first-order chi connectivity index (χ1) is 6.83. The molecule has 0 atom stereocenters. The van der Waals surface area contributed by atoms with Gasteiger partial charge in [0.1, 0.15) is 0 Å². The van der Waals surface area contributed by atoms with E-state index in [4.69, 9.17) is 5.26 Å². The zero-order valence-electron chi connectivity index (χ0n) is 8.08. The third-order valence-electron chi connectivity index (χ3n) is 2.07. The molecule has 72 valence electrons. The summed E-state index contributed by atoms with van der Waals surface area (Å²) in [5.41, 5.74) is 2.49. The Bertz CT molecular complexity index is 366. The van der Waals surface area contributed by atoms with Crippen molar-refractivity contribution in [1.29, 1.82) is 5.26 Å². The molecule has 0 aliphatic rings. The van der Waals surface area contributed by atoms with Gasteiger partial charge in [-0.3, -0.25) is 4.79 Å². The fourth-order valence-corrected chi connectivity index (χ4v) is 1.42. The van der Waals surface area contributed by atoms with Crippen molar-refractivity contribution in [3.8, 4) is 6.07 Å². The molecule has 0 heterocycles. The molecule has 3 heteroatoms. The predicted molar refractivity (Wildman–Crippen MR) is 55.3 cm³/mol. The van der Waals surface area contributed by atoms with Gasteiger partial charge in [-0.15, -0.1) is 0 Å². The maximum absolute atomic E-state index is 10.7. The lowest BCUT2D eigenvalue weighted by atomic mass is 10.0. The number of hydrogen-bond acceptors (Lipinski definition) is 3. The summed E-state index contributed by atoms with van der Waals surface area (Å²) in [6, 6.07) is 7.60. The number of aldehydes is 1. The number of anilines is 1. The Hall–Kier alpha value is -1.82. The predicted octanol–water partition coefficient (Wildman–Crippen LogP) is 2.00. The van der Waals surface area contributed by atoms with Crippen LogP contribution in [0.2, 0.25) is 0 Å². The molecule has 0 unspecified atom stereocenters. The molecule has 1 N–H and O–H groups in total. The van der Waals surface area contributed by atoms with Crippen molar-refractivity contribution < 1.29 is 4.79 Å². The molecule has 0 aliphatic carbocycles. The van der Waals surface area contributed by atoms with E-state index >= 15 is 0 Å². The Labute approximate surface area is 83.4 Å². The van der Waals surface area contributed by atoms with Gasteiger partial charge in [0, 0.05) is 24.7 Å². The maximum atomic E-state index is 10.7. The summed E-state index contributed by atoms with van der Waals surface area (Å²) in [6.07, 6.45) is 1.97. The standard InChI is InChI=1S/C11H12N2O/c1-13-11-9(6-3-7-12)4-2-5-10(11)8-14/h2,4-5,8,13H,3,6H2,1H3. The molecular weight excluding hydrogens is 176 g/mol. The second kappa shape index (κ2) is 5.03. The highest BCUT2D eigenvalue weighted by Crippen LogP contribution is 2.20. The maximum Gasteiger partial charge on any atom is 0.152 e. The largest absolute Gasteiger partial charge is 0.387 e. The van der Waals surface area contributed by atoms with Crippen molar-refractivity contribution >= 4 is 12.0 Å². The molecule has 0 fully saturated rings. The lowest BCUT2D eigenvalue weighted by Gasteiger charge is -2.09. The second-order valence-corrected chi connectivity index (χ2v) is 2.91. The van der Waals surface area contributed by atoms with Gasteiger partial charge < -0.3 is 5.32 Å². The minimum absolute atomic E-state index is 0.469. The van der Waals surface area contributed by atoms with Crippen LogP contribution < -0.4 is 5.32 Å². The average molecular weight is 188 g/mol. The van der Waals surface area contributed by atoms with E-state index in [9.17, 15) is 4.79 Å². The first-order valence-electron chi connectivity index (χ1n) is 4.45. The van der Waals surface area contributed by atoms with E-state index < -0.39 is 0 Å². The van der Waals surface area contributed by atoms with E-state index in [0.29, 0.717) is 18.4 Å². The molecule has 3 nitrogen and oxygen atoms in total. The minimum atomic E-state index is 0.469. The molecule has 0 radical (unpaired) electrons. The van der Waals surface area contributed by atoms with Gasteiger partial charge >= 0.3 is 0 Å². The number of aryl methyl sites for hydroxylation is 1. The number of carbonyl (C=O) groups is 1. The van der Waals surface area contributed by atoms with Crippen molar-refractivity contribution in [3.05, 3.63) is 29.3 Å². The number of rotatable bonds is 4. The monoisotopic (exact) mass is 188 g/mol. The Morgan fingerprint density at radius 1 is 1.57 bits per heavy atom. The van der Waals surface area contributed by atoms with Gasteiger partial charge in [-0.25, -0.2) is 0 Å². The van der Waals surface area contributed by atoms with Crippen LogP contribution in [0, 0.1) is 11.3 Å². The fraction of sp³-hybridized carbons (Fsp3) is 0.273. The summed E-state index contributed by atoms with van der Waals surface area (Å²) in [5.74, 6) is 0. The molecule has 0 aromatic heterocycles. The van der Waals surface area contributed by atoms with Crippen molar-refractivity contribution in [3.63, 3.8) is 0 Å². The molecule has 0 spiro atoms. The number of carbonyl (C=O) groups excluding carboxylic acids is 1. The van der Waals surface area contributed by atoms with Crippen LogP contribution in [0.1, 0.15) is 22.3 Å². The lowest BCUT2D eigenvalue weighted by molar-refractivity contribution is 0.112. The molecule has 1 aromatic carbocycles. The van der Waals surface area contributed by atoms with Crippen LogP contribution in [-0.2, 0) is 6.42 Å². The van der Waals surface area contributed by atoms with Crippen molar-refractivity contribution in [2.75, 3.05) is 12.4 Å². The highest BCUT2D eigenvalue weighted by molar-refractivity contribution is 5.85. The highest BCUT2D eigenvalue weighted by Gasteiger charge is 2.05. The van der Waals surface area contributed by atoms with E-state index in [1.807, 2.05) is 12.1 Å². The molecule has 0 saturated carbocycles. The van der Waals surface area contributed by atoms with Crippen LogP contribution in [0.5, 0.6) is 0 Å². The Balaban J connectivity index is 3.03. The highest BCUT2D eigenvalue weighted by atomic mass is 16.1. The fourth-order valence-electron chi connectivity index (χ4n) is 1.42. The lowest BCUT2D eigenvalue weighted by Crippen LogP contribution is -1.99. The number of para-hydroxylation sites is 1. The summed E-state index contributed by atoms with van der Waals surface area (Å²) in [4.78, 5) is 10.7. The van der Waals surface area contributed by atoms with E-state index in [1.165, 1.54) is 0 Å². The summed E-state index contributed by atoms with van der Waals surface area (Å²) in [5, 5.41) is 11.5. The topological polar surface area (TPSA) is 52.9 Å². The van der Waals surface area contributed by atoms with Crippen LogP contribution in [0.15, 0.2) is 18.2 Å². The van der Waals surface area contributed by atoms with Gasteiger partial charge in [0.2, 0.25) is 0 Å². The zero-order valence-corrected chi connectivity index (χ0v) is 8.08. The van der Waals surface area contributed by atoms with Gasteiger partial charge in [0.25, 0.3) is 0 Å². The van der Waals surface area contributed by atoms with Crippen molar-refractivity contribution in [2.24, 2.45) is 0 Å². The van der Waals surface area contributed by atoms with Crippen LogP contribution in [0.4, 0.5) is 5.69 Å².